The molecule has 2 N–H and O–H groups in total. The first kappa shape index (κ1) is 17.8. The summed E-state index contributed by atoms with van der Waals surface area (Å²) in [4.78, 5) is 15.4. The van der Waals surface area contributed by atoms with E-state index >= 15 is 0 Å². The van der Waals surface area contributed by atoms with Crippen LogP contribution in [0.1, 0.15) is 45.7 Å². The number of carbonyl (C=O) groups is 1. The van der Waals surface area contributed by atoms with Crippen LogP contribution in [-0.4, -0.2) is 50.7 Å². The van der Waals surface area contributed by atoms with E-state index in [9.17, 15) is 18.0 Å². The number of aromatic amines is 1. The molecule has 0 radical (unpaired) electrons. The Balaban J connectivity index is 1.59. The van der Waals surface area contributed by atoms with Crippen LogP contribution in [-0.2, 0) is 6.54 Å². The van der Waals surface area contributed by atoms with Crippen molar-refractivity contribution in [3.8, 4) is 0 Å². The quantitative estimate of drug-likeness (QED) is 0.810. The highest BCUT2D eigenvalue weighted by molar-refractivity contribution is 7.14. The van der Waals surface area contributed by atoms with Crippen LogP contribution in [0.15, 0.2) is 12.1 Å². The number of aromatic nitrogens is 4. The van der Waals surface area contributed by atoms with E-state index in [0.29, 0.717) is 17.2 Å². The number of alkyl halides is 3. The zero-order valence-corrected chi connectivity index (χ0v) is 14.0. The Bertz CT molecular complexity index is 702. The molecule has 0 spiro atoms. The molecule has 3 rings (SSSR count). The summed E-state index contributed by atoms with van der Waals surface area (Å²) in [7, 11) is 0. The lowest BCUT2D eigenvalue weighted by Gasteiger charge is -2.24. The van der Waals surface area contributed by atoms with E-state index in [1.54, 1.807) is 6.07 Å². The van der Waals surface area contributed by atoms with Gasteiger partial charge in [-0.1, -0.05) is 5.21 Å². The average Bonchev–Trinajstić information content (AvgIpc) is 3.30. The maximum atomic E-state index is 12.5. The highest BCUT2D eigenvalue weighted by atomic mass is 32.1. The lowest BCUT2D eigenvalue weighted by molar-refractivity contribution is -0.138. The number of carbonyl (C=O) groups excluding carboxylic acids is 1. The third-order valence-corrected chi connectivity index (χ3v) is 5.21. The van der Waals surface area contributed by atoms with Crippen LogP contribution in [0.3, 0.4) is 0 Å². The molecule has 1 atom stereocenters. The van der Waals surface area contributed by atoms with Gasteiger partial charge >= 0.3 is 6.18 Å². The molecular weight excluding hydrogens is 357 g/mol. The van der Waals surface area contributed by atoms with E-state index in [-0.39, 0.29) is 25.0 Å². The van der Waals surface area contributed by atoms with Crippen LogP contribution in [0.25, 0.3) is 0 Å². The first-order valence-corrected chi connectivity index (χ1v) is 8.65. The lowest BCUT2D eigenvalue weighted by Crippen LogP contribution is -2.27. The molecule has 1 aliphatic heterocycles. The summed E-state index contributed by atoms with van der Waals surface area (Å²) >= 11 is 1.31. The standard InChI is InChI=1S/C14H17F3N6OS/c15-14(16,17)5-7-23-6-1-2-9(23)10-3-4-11(25-10)13(24)18-8-12-19-21-22-20-12/h3-4,9H,1-2,5-8H2,(H,18,24)(H,19,20,21,22)/t9-/m1/s1. The van der Waals surface area contributed by atoms with Crippen molar-refractivity contribution >= 4 is 17.2 Å². The minimum absolute atomic E-state index is 0.00851. The Morgan fingerprint density at radius 2 is 2.28 bits per heavy atom. The van der Waals surface area contributed by atoms with Gasteiger partial charge in [-0.05, 0) is 31.5 Å². The number of halogens is 3. The molecule has 1 saturated heterocycles. The van der Waals surface area contributed by atoms with E-state index < -0.39 is 12.6 Å². The van der Waals surface area contributed by atoms with Crippen molar-refractivity contribution < 1.29 is 18.0 Å². The van der Waals surface area contributed by atoms with Gasteiger partial charge in [-0.3, -0.25) is 9.69 Å². The fourth-order valence-corrected chi connectivity index (χ4v) is 3.94. The zero-order valence-electron chi connectivity index (χ0n) is 13.2. The number of nitrogens with one attached hydrogen (secondary N) is 2. The maximum Gasteiger partial charge on any atom is 0.390 e. The predicted molar refractivity (Wildman–Crippen MR) is 83.9 cm³/mol. The Morgan fingerprint density at radius 3 is 3.00 bits per heavy atom. The van der Waals surface area contributed by atoms with Crippen molar-refractivity contribution in [2.24, 2.45) is 0 Å². The topological polar surface area (TPSA) is 86.8 Å². The molecule has 3 heterocycles. The van der Waals surface area contributed by atoms with Crippen LogP contribution < -0.4 is 5.32 Å². The Labute approximate surface area is 145 Å². The van der Waals surface area contributed by atoms with Gasteiger partial charge in [0.2, 0.25) is 0 Å². The number of rotatable bonds is 6. The molecule has 7 nitrogen and oxygen atoms in total. The van der Waals surface area contributed by atoms with Gasteiger partial charge in [-0.2, -0.15) is 18.4 Å². The van der Waals surface area contributed by atoms with Crippen LogP contribution >= 0.6 is 11.3 Å². The summed E-state index contributed by atoms with van der Waals surface area (Å²) in [6, 6.07) is 3.47. The highest BCUT2D eigenvalue weighted by Gasteiger charge is 2.33. The fourth-order valence-electron chi connectivity index (χ4n) is 2.84. The van der Waals surface area contributed by atoms with Gasteiger partial charge in [0.25, 0.3) is 5.91 Å². The summed E-state index contributed by atoms with van der Waals surface area (Å²) in [6.45, 7) is 0.799. The van der Waals surface area contributed by atoms with Gasteiger partial charge in [0.05, 0.1) is 17.8 Å². The van der Waals surface area contributed by atoms with Gasteiger partial charge in [0.1, 0.15) is 0 Å². The number of tetrazole rings is 1. The van der Waals surface area contributed by atoms with E-state index in [1.807, 2.05) is 11.0 Å². The second-order valence-electron chi connectivity index (χ2n) is 5.77. The van der Waals surface area contributed by atoms with Gasteiger partial charge in [0.15, 0.2) is 5.82 Å². The molecule has 1 fully saturated rings. The lowest BCUT2D eigenvalue weighted by atomic mass is 10.2. The number of hydrogen-bond donors (Lipinski definition) is 2. The van der Waals surface area contributed by atoms with Crippen LogP contribution in [0.4, 0.5) is 13.2 Å². The van der Waals surface area contributed by atoms with E-state index in [2.05, 4.69) is 25.9 Å². The first-order valence-electron chi connectivity index (χ1n) is 7.83. The summed E-state index contributed by atoms with van der Waals surface area (Å²) < 4.78 is 37.4. The largest absolute Gasteiger partial charge is 0.390 e. The molecule has 2 aromatic rings. The molecule has 0 saturated carbocycles. The molecule has 1 aliphatic rings. The minimum atomic E-state index is -4.15. The zero-order chi connectivity index (χ0) is 17.9. The number of thiophene rings is 1. The Hall–Kier alpha value is -2.01. The van der Waals surface area contributed by atoms with Crippen molar-refractivity contribution in [1.82, 2.24) is 30.8 Å². The maximum absolute atomic E-state index is 12.5. The molecule has 2 aromatic heterocycles. The van der Waals surface area contributed by atoms with E-state index in [1.165, 1.54) is 11.3 Å². The number of H-pyrrole nitrogens is 1. The summed E-state index contributed by atoms with van der Waals surface area (Å²) in [6.07, 6.45) is -3.29. The van der Waals surface area contributed by atoms with Gasteiger partial charge in [-0.25, -0.2) is 0 Å². The monoisotopic (exact) mass is 374 g/mol. The van der Waals surface area contributed by atoms with Crippen molar-refractivity contribution in [1.29, 1.82) is 0 Å². The van der Waals surface area contributed by atoms with E-state index in [4.69, 9.17) is 0 Å². The third kappa shape index (κ3) is 4.75. The fraction of sp³-hybridized carbons (Fsp3) is 0.571. The van der Waals surface area contributed by atoms with Crippen molar-refractivity contribution in [3.63, 3.8) is 0 Å². The molecule has 0 aliphatic carbocycles. The number of nitrogens with zero attached hydrogens (tertiary/aromatic N) is 4. The molecule has 0 bridgehead atoms. The Morgan fingerprint density at radius 1 is 1.44 bits per heavy atom. The van der Waals surface area contributed by atoms with Crippen molar-refractivity contribution in [3.05, 3.63) is 27.7 Å². The minimum Gasteiger partial charge on any atom is -0.344 e. The molecule has 1 amide bonds. The van der Waals surface area contributed by atoms with Crippen LogP contribution in [0.5, 0.6) is 0 Å². The second kappa shape index (κ2) is 7.48. The van der Waals surface area contributed by atoms with Crippen molar-refractivity contribution in [2.45, 2.75) is 38.0 Å². The third-order valence-electron chi connectivity index (χ3n) is 4.02. The van der Waals surface area contributed by atoms with Gasteiger partial charge < -0.3 is 5.32 Å². The van der Waals surface area contributed by atoms with Crippen LogP contribution in [0.2, 0.25) is 0 Å². The molecule has 0 aromatic carbocycles. The van der Waals surface area contributed by atoms with E-state index in [0.717, 1.165) is 17.7 Å². The summed E-state index contributed by atoms with van der Waals surface area (Å²) in [5.74, 6) is 0.111. The van der Waals surface area contributed by atoms with Gasteiger partial charge in [-0.15, -0.1) is 21.5 Å². The summed E-state index contributed by atoms with van der Waals surface area (Å²) in [5, 5.41) is 15.9. The highest BCUT2D eigenvalue weighted by Crippen LogP contribution is 2.36. The molecule has 25 heavy (non-hydrogen) atoms. The smallest absolute Gasteiger partial charge is 0.344 e. The summed E-state index contributed by atoms with van der Waals surface area (Å²) in [5.41, 5.74) is 0. The second-order valence-corrected chi connectivity index (χ2v) is 6.89. The normalized spacial score (nSPS) is 18.6. The molecular formula is C14H17F3N6OS. The van der Waals surface area contributed by atoms with Gasteiger partial charge in [0, 0.05) is 17.5 Å². The molecule has 0 unspecified atom stereocenters. The Kier molecular flexibility index (Phi) is 5.33. The van der Waals surface area contributed by atoms with Crippen molar-refractivity contribution in [2.75, 3.05) is 13.1 Å². The number of amides is 1. The molecule has 136 valence electrons. The van der Waals surface area contributed by atoms with Crippen LogP contribution in [0, 0.1) is 0 Å². The average molecular weight is 374 g/mol. The first-order chi connectivity index (χ1) is 11.9. The SMILES string of the molecule is O=C(NCc1nn[nH]n1)c1ccc([C@H]2CCCN2CCC(F)(F)F)s1. The molecule has 11 heteroatoms. The number of hydrogen-bond acceptors (Lipinski definition) is 6. The number of likely N-dealkylation sites (tertiary alicyclic amines) is 1. The predicted octanol–water partition coefficient (Wildman–Crippen LogP) is 2.28.